The van der Waals surface area contributed by atoms with Crippen LogP contribution in [0.15, 0.2) is 53.4 Å². The second-order valence-electron chi connectivity index (χ2n) is 5.77. The molecule has 0 aliphatic heterocycles. The largest absolute Gasteiger partial charge is 0.325 e. The summed E-state index contributed by atoms with van der Waals surface area (Å²) in [5.74, 6) is -2.54. The van der Waals surface area contributed by atoms with Crippen LogP contribution in [0.5, 0.6) is 0 Å². The van der Waals surface area contributed by atoms with Crippen LogP contribution in [0.25, 0.3) is 0 Å². The number of sulfonamides is 1. The van der Waals surface area contributed by atoms with Crippen LogP contribution in [0.4, 0.5) is 14.5 Å². The third kappa shape index (κ3) is 4.83. The Bertz CT molecular complexity index is 870. The Hall–Kier alpha value is -2.32. The van der Waals surface area contributed by atoms with Crippen molar-refractivity contribution in [2.24, 2.45) is 5.92 Å². The van der Waals surface area contributed by atoms with Crippen LogP contribution in [0.1, 0.15) is 13.8 Å². The minimum Gasteiger partial charge on any atom is -0.325 e. The van der Waals surface area contributed by atoms with Crippen molar-refractivity contribution in [2.45, 2.75) is 24.8 Å². The molecule has 1 amide bonds. The molecule has 0 radical (unpaired) electrons. The molecule has 134 valence electrons. The number of nitrogens with one attached hydrogen (secondary N) is 2. The third-order valence-electron chi connectivity index (χ3n) is 3.45. The lowest BCUT2D eigenvalue weighted by Crippen LogP contribution is -2.47. The Labute approximate surface area is 145 Å². The van der Waals surface area contributed by atoms with Crippen molar-refractivity contribution in [3.8, 4) is 0 Å². The van der Waals surface area contributed by atoms with Gasteiger partial charge in [-0.25, -0.2) is 17.2 Å². The number of benzene rings is 2. The van der Waals surface area contributed by atoms with E-state index in [0.717, 1.165) is 18.2 Å². The molecule has 2 rings (SSSR count). The molecular weight excluding hydrogens is 350 g/mol. The van der Waals surface area contributed by atoms with Gasteiger partial charge in [0.25, 0.3) is 0 Å². The van der Waals surface area contributed by atoms with Gasteiger partial charge in [-0.05, 0) is 36.2 Å². The van der Waals surface area contributed by atoms with Gasteiger partial charge in [0.1, 0.15) is 22.6 Å². The molecule has 0 aliphatic rings. The van der Waals surface area contributed by atoms with Crippen molar-refractivity contribution in [2.75, 3.05) is 5.32 Å². The number of hydrogen-bond donors (Lipinski definition) is 2. The summed E-state index contributed by atoms with van der Waals surface area (Å²) < 4.78 is 54.0. The SMILES string of the molecule is CC(C)[C@H](NS(=O)(=O)c1ccccc1F)C(=O)Nc1cccc(F)c1. The standard InChI is InChI=1S/C17H18F2N2O3S/c1-11(2)16(17(22)20-13-7-5-6-12(18)10-13)21-25(23,24)15-9-4-3-8-14(15)19/h3-11,16,21H,1-2H3,(H,20,22)/t16-/m0/s1. The zero-order chi connectivity index (χ0) is 18.6. The number of carbonyl (C=O) groups excluding carboxylic acids is 1. The Morgan fingerprint density at radius 1 is 1.04 bits per heavy atom. The van der Waals surface area contributed by atoms with Gasteiger partial charge in [-0.15, -0.1) is 0 Å². The van der Waals surface area contributed by atoms with Gasteiger partial charge in [0.05, 0.1) is 0 Å². The minimum absolute atomic E-state index is 0.195. The summed E-state index contributed by atoms with van der Waals surface area (Å²) >= 11 is 0. The van der Waals surface area contributed by atoms with Crippen molar-refractivity contribution >= 4 is 21.6 Å². The number of carbonyl (C=O) groups is 1. The van der Waals surface area contributed by atoms with E-state index in [0.29, 0.717) is 0 Å². The van der Waals surface area contributed by atoms with Crippen molar-refractivity contribution < 1.29 is 22.0 Å². The molecule has 2 aromatic carbocycles. The van der Waals surface area contributed by atoms with E-state index in [-0.39, 0.29) is 5.69 Å². The van der Waals surface area contributed by atoms with Crippen LogP contribution in [0.3, 0.4) is 0 Å². The number of anilines is 1. The average molecular weight is 368 g/mol. The molecule has 0 unspecified atom stereocenters. The number of hydrogen-bond acceptors (Lipinski definition) is 3. The summed E-state index contributed by atoms with van der Waals surface area (Å²) in [4.78, 5) is 11.9. The highest BCUT2D eigenvalue weighted by Crippen LogP contribution is 2.17. The van der Waals surface area contributed by atoms with Crippen LogP contribution < -0.4 is 10.0 Å². The van der Waals surface area contributed by atoms with Crippen LogP contribution >= 0.6 is 0 Å². The van der Waals surface area contributed by atoms with E-state index < -0.39 is 44.4 Å². The minimum atomic E-state index is -4.24. The van der Waals surface area contributed by atoms with Crippen LogP contribution in [-0.4, -0.2) is 20.4 Å². The molecule has 0 aliphatic carbocycles. The van der Waals surface area contributed by atoms with Crippen LogP contribution in [0.2, 0.25) is 0 Å². The monoisotopic (exact) mass is 368 g/mol. The normalized spacial score (nSPS) is 12.8. The average Bonchev–Trinajstić information content (AvgIpc) is 2.52. The predicted octanol–water partition coefficient (Wildman–Crippen LogP) is 2.91. The highest BCUT2D eigenvalue weighted by Gasteiger charge is 2.29. The van der Waals surface area contributed by atoms with E-state index >= 15 is 0 Å². The molecule has 0 saturated carbocycles. The topological polar surface area (TPSA) is 75.3 Å². The van der Waals surface area contributed by atoms with Crippen molar-refractivity contribution in [3.05, 3.63) is 60.2 Å². The molecule has 0 fully saturated rings. The molecule has 5 nitrogen and oxygen atoms in total. The van der Waals surface area contributed by atoms with E-state index in [2.05, 4.69) is 10.0 Å². The fourth-order valence-corrected chi connectivity index (χ4v) is 3.59. The van der Waals surface area contributed by atoms with Gasteiger partial charge < -0.3 is 5.32 Å². The Balaban J connectivity index is 2.23. The first kappa shape index (κ1) is 19.0. The lowest BCUT2D eigenvalue weighted by molar-refractivity contribution is -0.118. The smallest absolute Gasteiger partial charge is 0.244 e. The summed E-state index contributed by atoms with van der Waals surface area (Å²) in [5.41, 5.74) is 0.195. The quantitative estimate of drug-likeness (QED) is 0.823. The summed E-state index contributed by atoms with van der Waals surface area (Å²) in [7, 11) is -4.24. The highest BCUT2D eigenvalue weighted by atomic mass is 32.2. The third-order valence-corrected chi connectivity index (χ3v) is 4.92. The number of rotatable bonds is 6. The van der Waals surface area contributed by atoms with Crippen molar-refractivity contribution in [1.82, 2.24) is 4.72 Å². The molecule has 2 N–H and O–H groups in total. The van der Waals surface area contributed by atoms with Gasteiger partial charge in [-0.2, -0.15) is 4.72 Å². The maximum Gasteiger partial charge on any atom is 0.244 e. The molecule has 0 saturated heterocycles. The highest BCUT2D eigenvalue weighted by molar-refractivity contribution is 7.89. The molecule has 8 heteroatoms. The molecule has 0 heterocycles. The van der Waals surface area contributed by atoms with Gasteiger partial charge in [0, 0.05) is 5.69 Å². The molecule has 2 aromatic rings. The molecule has 0 spiro atoms. The second kappa shape index (κ2) is 7.71. The fourth-order valence-electron chi connectivity index (χ4n) is 2.17. The molecular formula is C17H18F2N2O3S. The van der Waals surface area contributed by atoms with E-state index in [1.165, 1.54) is 30.3 Å². The van der Waals surface area contributed by atoms with E-state index in [1.807, 2.05) is 0 Å². The second-order valence-corrected chi connectivity index (χ2v) is 7.46. The zero-order valence-electron chi connectivity index (χ0n) is 13.7. The molecule has 0 bridgehead atoms. The first-order valence-corrected chi connectivity index (χ1v) is 9.02. The van der Waals surface area contributed by atoms with Gasteiger partial charge in [0.15, 0.2) is 0 Å². The summed E-state index contributed by atoms with van der Waals surface area (Å²) in [6.07, 6.45) is 0. The van der Waals surface area contributed by atoms with Gasteiger partial charge in [-0.3, -0.25) is 4.79 Å². The van der Waals surface area contributed by atoms with E-state index in [9.17, 15) is 22.0 Å². The van der Waals surface area contributed by atoms with Gasteiger partial charge in [-0.1, -0.05) is 32.0 Å². The maximum absolute atomic E-state index is 13.8. The summed E-state index contributed by atoms with van der Waals surface area (Å²) in [6.45, 7) is 3.28. The summed E-state index contributed by atoms with van der Waals surface area (Å²) in [5, 5.41) is 2.45. The maximum atomic E-state index is 13.8. The lowest BCUT2D eigenvalue weighted by atomic mass is 10.0. The van der Waals surface area contributed by atoms with Crippen LogP contribution in [0, 0.1) is 17.6 Å². The summed E-state index contributed by atoms with van der Waals surface area (Å²) in [6, 6.07) is 8.94. The Morgan fingerprint density at radius 2 is 1.72 bits per heavy atom. The lowest BCUT2D eigenvalue weighted by Gasteiger charge is -2.21. The van der Waals surface area contributed by atoms with Crippen molar-refractivity contribution in [3.63, 3.8) is 0 Å². The van der Waals surface area contributed by atoms with E-state index in [4.69, 9.17) is 0 Å². The predicted molar refractivity (Wildman–Crippen MR) is 90.4 cm³/mol. The van der Waals surface area contributed by atoms with Gasteiger partial charge in [0.2, 0.25) is 15.9 Å². The van der Waals surface area contributed by atoms with Crippen molar-refractivity contribution in [1.29, 1.82) is 0 Å². The molecule has 1 atom stereocenters. The number of amides is 1. The fraction of sp³-hybridized carbons (Fsp3) is 0.235. The molecule has 0 aromatic heterocycles. The Kier molecular flexibility index (Phi) is 5.86. The Morgan fingerprint density at radius 3 is 2.32 bits per heavy atom. The number of halogens is 2. The molecule has 25 heavy (non-hydrogen) atoms. The van der Waals surface area contributed by atoms with Gasteiger partial charge >= 0.3 is 0 Å². The zero-order valence-corrected chi connectivity index (χ0v) is 14.5. The van der Waals surface area contributed by atoms with E-state index in [1.54, 1.807) is 13.8 Å². The van der Waals surface area contributed by atoms with Crippen LogP contribution in [-0.2, 0) is 14.8 Å². The first-order valence-electron chi connectivity index (χ1n) is 7.54. The first-order chi connectivity index (χ1) is 11.7.